The lowest BCUT2D eigenvalue weighted by Crippen LogP contribution is -2.17. The predicted molar refractivity (Wildman–Crippen MR) is 55.1 cm³/mol. The molecule has 0 aliphatic rings. The Morgan fingerprint density at radius 3 is 2.36 bits per heavy atom. The van der Waals surface area contributed by atoms with Gasteiger partial charge in [0.25, 0.3) is 0 Å². The van der Waals surface area contributed by atoms with Crippen LogP contribution in [0.15, 0.2) is 0 Å². The Hall–Kier alpha value is 0.0700. The second-order valence-corrected chi connectivity index (χ2v) is 5.25. The molecule has 1 unspecified atom stereocenters. The van der Waals surface area contributed by atoms with Crippen molar-refractivity contribution in [1.82, 2.24) is 4.90 Å². The second-order valence-electron chi connectivity index (χ2n) is 3.79. The number of phosphoric ester groups is 1. The Morgan fingerprint density at radius 1 is 1.36 bits per heavy atom. The van der Waals surface area contributed by atoms with Crippen LogP contribution in [-0.4, -0.2) is 43.6 Å². The predicted octanol–water partition coefficient (Wildman–Crippen LogP) is 1.34. The van der Waals surface area contributed by atoms with Gasteiger partial charge in [-0.1, -0.05) is 13.8 Å². The summed E-state index contributed by atoms with van der Waals surface area (Å²) in [5, 5.41) is 0. The molecule has 1 N–H and O–H groups in total. The highest BCUT2D eigenvalue weighted by atomic mass is 31.2. The molecule has 0 fully saturated rings. The minimum atomic E-state index is -3.83. The highest BCUT2D eigenvalue weighted by molar-refractivity contribution is 7.47. The Kier molecular flexibility index (Phi) is 6.57. The van der Waals surface area contributed by atoms with E-state index < -0.39 is 7.82 Å². The van der Waals surface area contributed by atoms with Crippen molar-refractivity contribution in [3.05, 3.63) is 0 Å². The maximum Gasteiger partial charge on any atom is 0.472 e. The fourth-order valence-electron chi connectivity index (χ4n) is 0.619. The molecule has 0 aliphatic heterocycles. The Bertz CT molecular complexity index is 196. The second kappa shape index (κ2) is 6.53. The van der Waals surface area contributed by atoms with E-state index in [4.69, 9.17) is 13.9 Å². The number of nitrogens with zero attached hydrogens (tertiary/aromatic N) is 1. The summed E-state index contributed by atoms with van der Waals surface area (Å²) in [5.41, 5.74) is 0. The zero-order valence-corrected chi connectivity index (χ0v) is 10.2. The SMILES string of the molecule is CC(C)COP(=O)(O)OCCN(C)C. The van der Waals surface area contributed by atoms with Crippen LogP contribution in [0.1, 0.15) is 13.8 Å². The van der Waals surface area contributed by atoms with Crippen LogP contribution >= 0.6 is 7.82 Å². The van der Waals surface area contributed by atoms with Gasteiger partial charge in [-0.05, 0) is 20.0 Å². The summed E-state index contributed by atoms with van der Waals surface area (Å²) in [6.07, 6.45) is 0. The van der Waals surface area contributed by atoms with Crippen molar-refractivity contribution in [2.75, 3.05) is 33.9 Å². The first-order valence-corrected chi connectivity index (χ1v) is 6.09. The lowest BCUT2D eigenvalue weighted by molar-refractivity contribution is 0.129. The Balaban J connectivity index is 3.67. The van der Waals surface area contributed by atoms with Crippen molar-refractivity contribution < 1.29 is 18.5 Å². The molecule has 86 valence electrons. The fourth-order valence-corrected chi connectivity index (χ4v) is 1.49. The summed E-state index contributed by atoms with van der Waals surface area (Å²) in [7, 11) is -0.106. The molecule has 0 amide bonds. The van der Waals surface area contributed by atoms with E-state index in [9.17, 15) is 4.57 Å². The van der Waals surface area contributed by atoms with Gasteiger partial charge < -0.3 is 9.79 Å². The molecule has 0 aliphatic carbocycles. The summed E-state index contributed by atoms with van der Waals surface area (Å²) in [5.74, 6) is 0.216. The minimum absolute atomic E-state index is 0.193. The van der Waals surface area contributed by atoms with E-state index in [-0.39, 0.29) is 19.1 Å². The van der Waals surface area contributed by atoms with Crippen LogP contribution in [0.25, 0.3) is 0 Å². The van der Waals surface area contributed by atoms with Gasteiger partial charge in [-0.15, -0.1) is 0 Å². The third kappa shape index (κ3) is 8.66. The van der Waals surface area contributed by atoms with Gasteiger partial charge in [0, 0.05) is 6.54 Å². The molecule has 0 aromatic rings. The first-order valence-electron chi connectivity index (χ1n) is 4.60. The topological polar surface area (TPSA) is 59.0 Å². The smallest absolute Gasteiger partial charge is 0.307 e. The van der Waals surface area contributed by atoms with E-state index in [1.807, 2.05) is 32.8 Å². The number of phosphoric acid groups is 1. The molecule has 14 heavy (non-hydrogen) atoms. The third-order valence-corrected chi connectivity index (χ3v) is 2.35. The van der Waals surface area contributed by atoms with Gasteiger partial charge in [-0.2, -0.15) is 0 Å². The summed E-state index contributed by atoms with van der Waals surface area (Å²) >= 11 is 0. The molecule has 1 atom stereocenters. The van der Waals surface area contributed by atoms with Crippen LogP contribution in [-0.2, 0) is 13.6 Å². The van der Waals surface area contributed by atoms with Gasteiger partial charge in [-0.25, -0.2) is 4.57 Å². The van der Waals surface area contributed by atoms with E-state index in [0.29, 0.717) is 6.54 Å². The van der Waals surface area contributed by atoms with Crippen LogP contribution in [0.4, 0.5) is 0 Å². The Morgan fingerprint density at radius 2 is 1.93 bits per heavy atom. The van der Waals surface area contributed by atoms with Crippen molar-refractivity contribution in [2.45, 2.75) is 13.8 Å². The van der Waals surface area contributed by atoms with Crippen LogP contribution in [0.5, 0.6) is 0 Å². The zero-order valence-electron chi connectivity index (χ0n) is 9.27. The van der Waals surface area contributed by atoms with E-state index in [0.717, 1.165) is 0 Å². The van der Waals surface area contributed by atoms with Crippen LogP contribution in [0.2, 0.25) is 0 Å². The minimum Gasteiger partial charge on any atom is -0.307 e. The molecule has 0 saturated carbocycles. The average Bonchev–Trinajstić information content (AvgIpc) is 2.00. The van der Waals surface area contributed by atoms with Crippen molar-refractivity contribution in [3.8, 4) is 0 Å². The Labute approximate surface area is 85.6 Å². The number of hydrogen-bond acceptors (Lipinski definition) is 4. The maximum absolute atomic E-state index is 11.2. The lowest BCUT2D eigenvalue weighted by Gasteiger charge is -2.15. The highest BCUT2D eigenvalue weighted by Crippen LogP contribution is 2.43. The van der Waals surface area contributed by atoms with Gasteiger partial charge in [-0.3, -0.25) is 9.05 Å². The van der Waals surface area contributed by atoms with Gasteiger partial charge >= 0.3 is 7.82 Å². The van der Waals surface area contributed by atoms with E-state index in [1.54, 1.807) is 0 Å². The molecular formula is C8H20NO4P. The van der Waals surface area contributed by atoms with Crippen LogP contribution < -0.4 is 0 Å². The molecule has 0 rings (SSSR count). The molecule has 0 saturated heterocycles. The van der Waals surface area contributed by atoms with Gasteiger partial charge in [0.2, 0.25) is 0 Å². The van der Waals surface area contributed by atoms with E-state index in [2.05, 4.69) is 0 Å². The molecule has 0 aromatic heterocycles. The summed E-state index contributed by atoms with van der Waals surface area (Å²) in [4.78, 5) is 11.0. The maximum atomic E-state index is 11.2. The summed E-state index contributed by atoms with van der Waals surface area (Å²) < 4.78 is 20.7. The normalized spacial score (nSPS) is 16.2. The molecule has 6 heteroatoms. The number of likely N-dealkylation sites (N-methyl/N-ethyl adjacent to an activating group) is 1. The third-order valence-electron chi connectivity index (χ3n) is 1.36. The van der Waals surface area contributed by atoms with E-state index >= 15 is 0 Å². The standard InChI is InChI=1S/C8H20NO4P/c1-8(2)7-13-14(10,11)12-6-5-9(3)4/h8H,5-7H2,1-4H3,(H,10,11). The molecule has 0 heterocycles. The van der Waals surface area contributed by atoms with Crippen LogP contribution in [0.3, 0.4) is 0 Å². The molecule has 0 bridgehead atoms. The molecule has 5 nitrogen and oxygen atoms in total. The first kappa shape index (κ1) is 14.1. The van der Waals surface area contributed by atoms with Crippen molar-refractivity contribution in [1.29, 1.82) is 0 Å². The number of rotatable bonds is 7. The van der Waals surface area contributed by atoms with Gasteiger partial charge in [0.05, 0.1) is 13.2 Å². The molecule has 0 aromatic carbocycles. The summed E-state index contributed by atoms with van der Waals surface area (Å²) in [6.45, 7) is 4.82. The van der Waals surface area contributed by atoms with E-state index in [1.165, 1.54) is 0 Å². The number of hydrogen-bond donors (Lipinski definition) is 1. The van der Waals surface area contributed by atoms with Crippen molar-refractivity contribution in [2.24, 2.45) is 5.92 Å². The largest absolute Gasteiger partial charge is 0.472 e. The van der Waals surface area contributed by atoms with Crippen molar-refractivity contribution >= 4 is 7.82 Å². The molecular weight excluding hydrogens is 205 g/mol. The average molecular weight is 225 g/mol. The molecule has 0 radical (unpaired) electrons. The summed E-state index contributed by atoms with van der Waals surface area (Å²) in [6, 6.07) is 0. The zero-order chi connectivity index (χ0) is 11.2. The first-order chi connectivity index (χ1) is 6.33. The fraction of sp³-hybridized carbons (Fsp3) is 1.00. The lowest BCUT2D eigenvalue weighted by atomic mass is 10.2. The van der Waals surface area contributed by atoms with Crippen molar-refractivity contribution in [3.63, 3.8) is 0 Å². The monoisotopic (exact) mass is 225 g/mol. The highest BCUT2D eigenvalue weighted by Gasteiger charge is 2.20. The molecule has 0 spiro atoms. The van der Waals surface area contributed by atoms with Crippen LogP contribution in [0, 0.1) is 5.92 Å². The van der Waals surface area contributed by atoms with Gasteiger partial charge in [0.1, 0.15) is 0 Å². The van der Waals surface area contributed by atoms with Gasteiger partial charge in [0.15, 0.2) is 0 Å². The quantitative estimate of drug-likeness (QED) is 0.662.